The normalized spacial score (nSPS) is 12.6. The summed E-state index contributed by atoms with van der Waals surface area (Å²) in [7, 11) is 0. The van der Waals surface area contributed by atoms with Crippen LogP contribution >= 0.6 is 0 Å². The van der Waals surface area contributed by atoms with Gasteiger partial charge in [-0.1, -0.05) is 182 Å². The lowest BCUT2D eigenvalue weighted by atomic mass is 9.99. The van der Waals surface area contributed by atoms with Gasteiger partial charge in [-0.3, -0.25) is 14.4 Å². The fourth-order valence-electron chi connectivity index (χ4n) is 6.01. The lowest BCUT2D eigenvalue weighted by molar-refractivity contribution is -0.167. The Bertz CT molecular complexity index is 736. The van der Waals surface area contributed by atoms with Crippen LogP contribution in [-0.4, -0.2) is 37.2 Å². The van der Waals surface area contributed by atoms with Crippen LogP contribution in [0.2, 0.25) is 0 Å². The zero-order valence-corrected chi connectivity index (χ0v) is 32.6. The first-order chi connectivity index (χ1) is 23.3. The predicted molar refractivity (Wildman–Crippen MR) is 201 cm³/mol. The number of carbonyl (C=O) groups is 3. The van der Waals surface area contributed by atoms with E-state index in [9.17, 15) is 14.4 Å². The average Bonchev–Trinajstić information content (AvgIpc) is 3.06. The van der Waals surface area contributed by atoms with Crippen LogP contribution in [0.25, 0.3) is 0 Å². The Kier molecular flexibility index (Phi) is 34.1. The molecule has 6 nitrogen and oxygen atoms in total. The molecule has 0 aromatic heterocycles. The molecule has 0 radical (unpaired) electrons. The van der Waals surface area contributed by atoms with Gasteiger partial charge >= 0.3 is 17.9 Å². The van der Waals surface area contributed by atoms with E-state index in [1.54, 1.807) is 0 Å². The third kappa shape index (κ3) is 34.3. The van der Waals surface area contributed by atoms with Crippen LogP contribution in [-0.2, 0) is 28.6 Å². The van der Waals surface area contributed by atoms with Gasteiger partial charge in [0.25, 0.3) is 0 Å². The molecule has 0 saturated carbocycles. The summed E-state index contributed by atoms with van der Waals surface area (Å²) in [4.78, 5) is 37.5. The summed E-state index contributed by atoms with van der Waals surface area (Å²) in [5.41, 5.74) is 0. The monoisotopic (exact) mass is 681 g/mol. The number of rotatable bonds is 36. The van der Waals surface area contributed by atoms with E-state index in [2.05, 4.69) is 34.6 Å². The first-order valence-electron chi connectivity index (χ1n) is 20.8. The maximum absolute atomic E-state index is 12.6. The Hall–Kier alpha value is -1.59. The Balaban J connectivity index is 4.35. The van der Waals surface area contributed by atoms with Gasteiger partial charge in [-0.15, -0.1) is 0 Å². The maximum Gasteiger partial charge on any atom is 0.306 e. The minimum Gasteiger partial charge on any atom is -0.462 e. The highest BCUT2D eigenvalue weighted by Gasteiger charge is 2.19. The molecule has 0 rings (SSSR count). The minimum atomic E-state index is -0.759. The molecule has 284 valence electrons. The van der Waals surface area contributed by atoms with Crippen molar-refractivity contribution < 1.29 is 28.6 Å². The summed E-state index contributed by atoms with van der Waals surface area (Å²) >= 11 is 0. The molecule has 0 aromatic rings. The van der Waals surface area contributed by atoms with E-state index in [0.29, 0.717) is 19.3 Å². The number of hydrogen-bond acceptors (Lipinski definition) is 6. The predicted octanol–water partition coefficient (Wildman–Crippen LogP) is 12.6. The molecular weight excluding hydrogens is 600 g/mol. The Morgan fingerprint density at radius 3 is 1.19 bits per heavy atom. The molecule has 1 unspecified atom stereocenters. The van der Waals surface area contributed by atoms with Gasteiger partial charge in [0.05, 0.1) is 0 Å². The molecule has 0 aromatic carbocycles. The highest BCUT2D eigenvalue weighted by atomic mass is 16.6. The summed E-state index contributed by atoms with van der Waals surface area (Å²) < 4.78 is 16.6. The van der Waals surface area contributed by atoms with Crippen molar-refractivity contribution in [3.05, 3.63) is 0 Å². The van der Waals surface area contributed by atoms with Gasteiger partial charge in [0.2, 0.25) is 0 Å². The van der Waals surface area contributed by atoms with Crippen LogP contribution in [0.4, 0.5) is 0 Å². The highest BCUT2D eigenvalue weighted by molar-refractivity contribution is 5.71. The second kappa shape index (κ2) is 35.2. The Morgan fingerprint density at radius 2 is 0.792 bits per heavy atom. The number of esters is 3. The van der Waals surface area contributed by atoms with E-state index in [0.717, 1.165) is 69.6 Å². The molecule has 0 bridgehead atoms. The molecule has 0 amide bonds. The zero-order chi connectivity index (χ0) is 35.5. The van der Waals surface area contributed by atoms with Crippen molar-refractivity contribution in [2.75, 3.05) is 13.2 Å². The summed E-state index contributed by atoms with van der Waals surface area (Å²) in [6, 6.07) is 0. The average molecular weight is 681 g/mol. The van der Waals surface area contributed by atoms with Crippen LogP contribution < -0.4 is 0 Å². The van der Waals surface area contributed by atoms with E-state index < -0.39 is 6.10 Å². The molecule has 0 heterocycles. The van der Waals surface area contributed by atoms with Gasteiger partial charge in [0, 0.05) is 19.3 Å². The van der Waals surface area contributed by atoms with E-state index in [1.807, 2.05) is 0 Å². The van der Waals surface area contributed by atoms with E-state index in [4.69, 9.17) is 14.2 Å². The van der Waals surface area contributed by atoms with Crippen molar-refractivity contribution in [3.63, 3.8) is 0 Å². The van der Waals surface area contributed by atoms with Gasteiger partial charge in [-0.25, -0.2) is 0 Å². The molecule has 0 aliphatic rings. The van der Waals surface area contributed by atoms with Crippen LogP contribution in [0.3, 0.4) is 0 Å². The first kappa shape index (κ1) is 46.4. The topological polar surface area (TPSA) is 78.9 Å². The SMILES string of the molecule is CCCCCCCCCCCC(=O)OC[C@@H](COC(=O)CCCCCCCCCCC(C)CC)OC(=O)CCCCCCCCC(C)C. The van der Waals surface area contributed by atoms with Crippen LogP contribution in [0.15, 0.2) is 0 Å². The van der Waals surface area contributed by atoms with Crippen molar-refractivity contribution in [1.82, 2.24) is 0 Å². The van der Waals surface area contributed by atoms with Crippen LogP contribution in [0.1, 0.15) is 221 Å². The van der Waals surface area contributed by atoms with Gasteiger partial charge < -0.3 is 14.2 Å². The summed E-state index contributed by atoms with van der Waals surface area (Å²) in [6.45, 7) is 11.2. The Labute approximate surface area is 298 Å². The molecule has 0 aliphatic heterocycles. The number of unbranched alkanes of at least 4 members (excludes halogenated alkanes) is 20. The number of carbonyl (C=O) groups excluding carboxylic acids is 3. The third-order valence-electron chi connectivity index (χ3n) is 9.58. The van der Waals surface area contributed by atoms with Gasteiger partial charge in [-0.2, -0.15) is 0 Å². The minimum absolute atomic E-state index is 0.0670. The fraction of sp³-hybridized carbons (Fsp3) is 0.929. The van der Waals surface area contributed by atoms with Gasteiger partial charge in [-0.05, 0) is 31.1 Å². The lowest BCUT2D eigenvalue weighted by Crippen LogP contribution is -2.30. The van der Waals surface area contributed by atoms with Gasteiger partial charge in [0.15, 0.2) is 6.10 Å². The highest BCUT2D eigenvalue weighted by Crippen LogP contribution is 2.16. The standard InChI is InChI=1S/C42H80O6/c1-6-8-9-10-11-12-16-22-27-32-40(43)46-35-39(48-42(45)34-29-24-19-18-20-25-30-37(3)4)36-47-41(44)33-28-23-17-14-13-15-21-26-31-38(5)7-2/h37-39H,6-36H2,1-5H3/t38?,39-/m0/s1. The first-order valence-corrected chi connectivity index (χ1v) is 20.8. The van der Waals surface area contributed by atoms with Crippen molar-refractivity contribution in [3.8, 4) is 0 Å². The smallest absolute Gasteiger partial charge is 0.306 e. The molecule has 0 saturated heterocycles. The van der Waals surface area contributed by atoms with Crippen molar-refractivity contribution in [1.29, 1.82) is 0 Å². The van der Waals surface area contributed by atoms with Crippen LogP contribution in [0.5, 0.6) is 0 Å². The summed E-state index contributed by atoms with van der Waals surface area (Å²) in [6.07, 6.45) is 31.0. The molecule has 0 N–H and O–H groups in total. The second-order valence-electron chi connectivity index (χ2n) is 15.0. The number of ether oxygens (including phenoxy) is 3. The molecule has 48 heavy (non-hydrogen) atoms. The van der Waals surface area contributed by atoms with Gasteiger partial charge in [0.1, 0.15) is 13.2 Å². The summed E-state index contributed by atoms with van der Waals surface area (Å²) in [5.74, 6) is 0.735. The molecule has 0 spiro atoms. The molecule has 6 heteroatoms. The lowest BCUT2D eigenvalue weighted by Gasteiger charge is -2.18. The van der Waals surface area contributed by atoms with Crippen molar-refractivity contribution >= 4 is 17.9 Å². The Morgan fingerprint density at radius 1 is 0.438 bits per heavy atom. The van der Waals surface area contributed by atoms with E-state index in [1.165, 1.54) is 109 Å². The maximum atomic E-state index is 12.6. The van der Waals surface area contributed by atoms with Crippen molar-refractivity contribution in [2.45, 2.75) is 227 Å². The number of hydrogen-bond donors (Lipinski definition) is 0. The zero-order valence-electron chi connectivity index (χ0n) is 32.6. The van der Waals surface area contributed by atoms with Crippen molar-refractivity contribution in [2.24, 2.45) is 11.8 Å². The largest absolute Gasteiger partial charge is 0.462 e. The third-order valence-corrected chi connectivity index (χ3v) is 9.58. The fourth-order valence-corrected chi connectivity index (χ4v) is 6.01. The molecule has 0 fully saturated rings. The van der Waals surface area contributed by atoms with E-state index >= 15 is 0 Å². The quantitative estimate of drug-likeness (QED) is 0.0372. The molecule has 2 atom stereocenters. The second-order valence-corrected chi connectivity index (χ2v) is 15.0. The summed E-state index contributed by atoms with van der Waals surface area (Å²) in [5, 5.41) is 0. The molecule has 0 aliphatic carbocycles. The molecular formula is C42H80O6. The van der Waals surface area contributed by atoms with Crippen LogP contribution in [0, 0.1) is 11.8 Å². The van der Waals surface area contributed by atoms with E-state index in [-0.39, 0.29) is 31.1 Å².